The number of benzene rings is 1. The Morgan fingerprint density at radius 2 is 1.83 bits per heavy atom. The van der Waals surface area contributed by atoms with Crippen LogP contribution in [0, 0.1) is 0 Å². The number of ether oxygens (including phenoxy) is 1. The first-order valence-electron chi connectivity index (χ1n) is 8.40. The lowest BCUT2D eigenvalue weighted by Crippen LogP contribution is -2.41. The van der Waals surface area contributed by atoms with Gasteiger partial charge in [-0.25, -0.2) is 0 Å². The number of nitrogens with zero attached hydrogens (tertiary/aromatic N) is 1. The van der Waals surface area contributed by atoms with Crippen LogP contribution in [-0.2, 0) is 6.54 Å². The van der Waals surface area contributed by atoms with Crippen molar-refractivity contribution in [3.05, 3.63) is 65.5 Å². The van der Waals surface area contributed by atoms with Gasteiger partial charge in [-0.2, -0.15) is 26.3 Å². The molecule has 0 radical (unpaired) electrons. The van der Waals surface area contributed by atoms with Gasteiger partial charge in [0, 0.05) is 17.8 Å². The van der Waals surface area contributed by atoms with Crippen LogP contribution in [0.2, 0.25) is 0 Å². The van der Waals surface area contributed by atoms with Gasteiger partial charge in [0.05, 0.1) is 13.7 Å². The standard InChI is InChI=1S/C19H19F6N3O/c1-29-15-7-5-12(6-8-15)11-27-14(10-16(26)18(20,21)22)9-13-3-2-4-17(28-13)19(23,24)25/h2-8,10,17,28H,9,11,26H2,1H3. The van der Waals surface area contributed by atoms with Gasteiger partial charge in [0.1, 0.15) is 17.5 Å². The zero-order chi connectivity index (χ0) is 21.7. The molecule has 0 aromatic heterocycles. The number of nitrogens with two attached hydrogens (primary N) is 1. The van der Waals surface area contributed by atoms with Crippen LogP contribution in [0.5, 0.6) is 5.75 Å². The van der Waals surface area contributed by atoms with Gasteiger partial charge in [-0.15, -0.1) is 0 Å². The van der Waals surface area contributed by atoms with Crippen molar-refractivity contribution in [3.63, 3.8) is 0 Å². The molecule has 0 fully saturated rings. The average molecular weight is 419 g/mol. The Hall–Kier alpha value is -2.91. The summed E-state index contributed by atoms with van der Waals surface area (Å²) in [5.74, 6) is 0.598. The molecule has 0 spiro atoms. The van der Waals surface area contributed by atoms with Gasteiger partial charge in [-0.3, -0.25) is 4.99 Å². The average Bonchev–Trinajstić information content (AvgIpc) is 2.65. The van der Waals surface area contributed by atoms with E-state index in [1.54, 1.807) is 24.3 Å². The van der Waals surface area contributed by atoms with Crippen molar-refractivity contribution < 1.29 is 31.1 Å². The van der Waals surface area contributed by atoms with E-state index >= 15 is 0 Å². The quantitative estimate of drug-likeness (QED) is 0.531. The zero-order valence-electron chi connectivity index (χ0n) is 15.3. The van der Waals surface area contributed by atoms with Crippen LogP contribution in [0.25, 0.3) is 0 Å². The smallest absolute Gasteiger partial charge is 0.430 e. The Bertz CT molecular complexity index is 820. The minimum Gasteiger partial charge on any atom is -0.497 e. The van der Waals surface area contributed by atoms with E-state index in [4.69, 9.17) is 10.5 Å². The summed E-state index contributed by atoms with van der Waals surface area (Å²) in [6, 6.07) is 4.76. The fourth-order valence-corrected chi connectivity index (χ4v) is 2.41. The molecular weight excluding hydrogens is 400 g/mol. The minimum absolute atomic E-state index is 0.0206. The van der Waals surface area contributed by atoms with Crippen LogP contribution in [0.3, 0.4) is 0 Å². The summed E-state index contributed by atoms with van der Waals surface area (Å²) in [6.45, 7) is 0.0206. The molecule has 1 unspecified atom stereocenters. The predicted octanol–water partition coefficient (Wildman–Crippen LogP) is 4.41. The normalized spacial score (nSPS) is 18.3. The van der Waals surface area contributed by atoms with E-state index in [-0.39, 0.29) is 24.4 Å². The highest BCUT2D eigenvalue weighted by Gasteiger charge is 2.39. The van der Waals surface area contributed by atoms with Crippen molar-refractivity contribution in [1.82, 2.24) is 5.32 Å². The number of rotatable bonds is 6. The van der Waals surface area contributed by atoms with Crippen molar-refractivity contribution in [3.8, 4) is 5.75 Å². The summed E-state index contributed by atoms with van der Waals surface area (Å²) in [6.07, 6.45) is -5.49. The topological polar surface area (TPSA) is 59.6 Å². The van der Waals surface area contributed by atoms with Crippen LogP contribution in [0.15, 0.2) is 65.0 Å². The number of methoxy groups -OCH3 is 1. The van der Waals surface area contributed by atoms with Crippen LogP contribution < -0.4 is 15.8 Å². The second kappa shape index (κ2) is 9.06. The molecule has 1 atom stereocenters. The molecule has 0 amide bonds. The highest BCUT2D eigenvalue weighted by atomic mass is 19.4. The maximum Gasteiger partial charge on any atom is 0.430 e. The van der Waals surface area contributed by atoms with E-state index in [9.17, 15) is 26.3 Å². The van der Waals surface area contributed by atoms with E-state index in [2.05, 4.69) is 10.3 Å². The number of aliphatic imine (C=N–C) groups is 1. The van der Waals surface area contributed by atoms with Crippen LogP contribution in [0.1, 0.15) is 12.0 Å². The first kappa shape index (κ1) is 22.4. The summed E-state index contributed by atoms with van der Waals surface area (Å²) in [4.78, 5) is 4.12. The fourth-order valence-electron chi connectivity index (χ4n) is 2.41. The number of hydrogen-bond acceptors (Lipinski definition) is 4. The number of allylic oxidation sites excluding steroid dienone is 5. The third-order valence-corrected chi connectivity index (χ3v) is 3.94. The summed E-state index contributed by atoms with van der Waals surface area (Å²) in [7, 11) is 1.49. The zero-order valence-corrected chi connectivity index (χ0v) is 15.3. The van der Waals surface area contributed by atoms with Crippen molar-refractivity contribution in [2.45, 2.75) is 31.4 Å². The Balaban J connectivity index is 2.23. The third kappa shape index (κ3) is 6.88. The maximum atomic E-state index is 12.9. The molecule has 1 aliphatic rings. The number of dihydropyridines is 1. The molecule has 2 rings (SSSR count). The molecule has 1 heterocycles. The first-order chi connectivity index (χ1) is 13.5. The Labute approximate surface area is 163 Å². The Kier molecular flexibility index (Phi) is 6.99. The highest BCUT2D eigenvalue weighted by molar-refractivity contribution is 5.97. The molecule has 1 aromatic carbocycles. The Morgan fingerprint density at radius 1 is 1.17 bits per heavy atom. The molecule has 4 nitrogen and oxygen atoms in total. The largest absolute Gasteiger partial charge is 0.497 e. The van der Waals surface area contributed by atoms with Crippen LogP contribution in [-0.4, -0.2) is 31.2 Å². The maximum absolute atomic E-state index is 12.9. The predicted molar refractivity (Wildman–Crippen MR) is 97.3 cm³/mol. The SMILES string of the molecule is COc1ccc(CN=C(C=C(N)C(F)(F)F)CC2=CC=CC(C(F)(F)F)N2)cc1. The van der Waals surface area contributed by atoms with Crippen molar-refractivity contribution >= 4 is 5.71 Å². The Morgan fingerprint density at radius 3 is 2.38 bits per heavy atom. The van der Waals surface area contributed by atoms with Crippen LogP contribution >= 0.6 is 0 Å². The van der Waals surface area contributed by atoms with Gasteiger partial charge in [0.25, 0.3) is 0 Å². The van der Waals surface area contributed by atoms with Gasteiger partial charge in [-0.1, -0.05) is 24.3 Å². The summed E-state index contributed by atoms with van der Waals surface area (Å²) < 4.78 is 82.1. The van der Waals surface area contributed by atoms with Gasteiger partial charge < -0.3 is 15.8 Å². The number of hydrogen-bond donors (Lipinski definition) is 2. The molecule has 158 valence electrons. The van der Waals surface area contributed by atoms with E-state index in [0.29, 0.717) is 17.4 Å². The van der Waals surface area contributed by atoms with Gasteiger partial charge >= 0.3 is 12.4 Å². The van der Waals surface area contributed by atoms with E-state index < -0.39 is 24.1 Å². The second-order valence-corrected chi connectivity index (χ2v) is 6.17. The monoisotopic (exact) mass is 419 g/mol. The molecule has 1 aromatic rings. The van der Waals surface area contributed by atoms with E-state index in [1.165, 1.54) is 19.3 Å². The van der Waals surface area contributed by atoms with E-state index in [1.807, 2.05) is 0 Å². The lowest BCUT2D eigenvalue weighted by atomic mass is 10.1. The van der Waals surface area contributed by atoms with Crippen molar-refractivity contribution in [2.75, 3.05) is 7.11 Å². The molecule has 0 saturated carbocycles. The number of halogens is 6. The van der Waals surface area contributed by atoms with Gasteiger partial charge in [0.15, 0.2) is 0 Å². The van der Waals surface area contributed by atoms with Crippen molar-refractivity contribution in [2.24, 2.45) is 10.7 Å². The lowest BCUT2D eigenvalue weighted by Gasteiger charge is -2.24. The van der Waals surface area contributed by atoms with Gasteiger partial charge in [0.2, 0.25) is 0 Å². The summed E-state index contributed by atoms with van der Waals surface area (Å²) in [5.41, 5.74) is 4.33. The van der Waals surface area contributed by atoms with Crippen LogP contribution in [0.4, 0.5) is 26.3 Å². The molecular formula is C19H19F6N3O. The minimum atomic E-state index is -4.77. The summed E-state index contributed by atoms with van der Waals surface area (Å²) >= 11 is 0. The molecule has 1 aliphatic heterocycles. The highest BCUT2D eigenvalue weighted by Crippen LogP contribution is 2.25. The van der Waals surface area contributed by atoms with Crippen molar-refractivity contribution in [1.29, 1.82) is 0 Å². The van der Waals surface area contributed by atoms with Gasteiger partial charge in [-0.05, 0) is 29.8 Å². The molecule has 3 N–H and O–H groups in total. The van der Waals surface area contributed by atoms with E-state index in [0.717, 1.165) is 6.08 Å². The lowest BCUT2D eigenvalue weighted by molar-refractivity contribution is -0.143. The number of nitrogens with one attached hydrogen (secondary N) is 1. The summed E-state index contributed by atoms with van der Waals surface area (Å²) in [5, 5.41) is 2.25. The second-order valence-electron chi connectivity index (χ2n) is 6.17. The molecule has 0 bridgehead atoms. The fraction of sp³-hybridized carbons (Fsp3) is 0.316. The molecule has 0 saturated heterocycles. The molecule has 29 heavy (non-hydrogen) atoms. The number of alkyl halides is 6. The third-order valence-electron chi connectivity index (χ3n) is 3.94. The molecule has 10 heteroatoms. The first-order valence-corrected chi connectivity index (χ1v) is 8.40. The molecule has 0 aliphatic carbocycles.